The van der Waals surface area contributed by atoms with E-state index in [1.165, 1.54) is 12.1 Å². The number of carbonyl (C=O) groups is 1. The molecule has 0 aromatic heterocycles. The highest BCUT2D eigenvalue weighted by molar-refractivity contribution is 5.73. The Morgan fingerprint density at radius 3 is 2.93 bits per heavy atom. The van der Waals surface area contributed by atoms with E-state index in [1.54, 1.807) is 0 Å². The van der Waals surface area contributed by atoms with Crippen LogP contribution >= 0.6 is 0 Å². The highest BCUT2D eigenvalue weighted by Crippen LogP contribution is 2.35. The Bertz CT molecular complexity index is 404. The second-order valence-corrected chi connectivity index (χ2v) is 3.38. The Labute approximate surface area is 84.9 Å². The molecule has 0 saturated carbocycles. The number of aliphatic hydroxyl groups excluding tert-OH is 1. The van der Waals surface area contributed by atoms with Crippen molar-refractivity contribution in [3.63, 3.8) is 0 Å². The van der Waals surface area contributed by atoms with Crippen LogP contribution in [-0.2, 0) is 4.79 Å². The zero-order valence-corrected chi connectivity index (χ0v) is 7.68. The van der Waals surface area contributed by atoms with E-state index in [2.05, 4.69) is 0 Å². The van der Waals surface area contributed by atoms with Crippen LogP contribution in [0.2, 0.25) is 0 Å². The van der Waals surface area contributed by atoms with Gasteiger partial charge in [0.25, 0.3) is 0 Å². The minimum Gasteiger partial charge on any atom is -0.479 e. The fourth-order valence-electron chi connectivity index (χ4n) is 1.57. The molecule has 15 heavy (non-hydrogen) atoms. The predicted octanol–water partition coefficient (Wildman–Crippen LogP) is 1.09. The van der Waals surface area contributed by atoms with Gasteiger partial charge in [0.15, 0.2) is 6.10 Å². The molecule has 0 fully saturated rings. The number of benzene rings is 1. The van der Waals surface area contributed by atoms with Gasteiger partial charge in [0, 0.05) is 18.1 Å². The maximum absolute atomic E-state index is 12.8. The highest BCUT2D eigenvalue weighted by atomic mass is 19.1. The second-order valence-electron chi connectivity index (χ2n) is 3.38. The Morgan fingerprint density at radius 2 is 2.27 bits per heavy atom. The van der Waals surface area contributed by atoms with E-state index < -0.39 is 24.0 Å². The van der Waals surface area contributed by atoms with E-state index in [0.29, 0.717) is 5.56 Å². The standard InChI is InChI=1S/C10H9FO4/c11-5-1-2-6-7(12)4-9(10(13)14)15-8(6)3-5/h1-3,7,9,12H,4H2,(H,13,14)/t7-,9+/m1/s1. The van der Waals surface area contributed by atoms with Gasteiger partial charge in [0.05, 0.1) is 6.10 Å². The summed E-state index contributed by atoms with van der Waals surface area (Å²) in [5, 5.41) is 18.3. The number of ether oxygens (including phenoxy) is 1. The fraction of sp³-hybridized carbons (Fsp3) is 0.300. The molecule has 2 atom stereocenters. The summed E-state index contributed by atoms with van der Waals surface area (Å²) in [5.74, 6) is -1.59. The Morgan fingerprint density at radius 1 is 1.53 bits per heavy atom. The van der Waals surface area contributed by atoms with Gasteiger partial charge < -0.3 is 14.9 Å². The van der Waals surface area contributed by atoms with Crippen molar-refractivity contribution < 1.29 is 24.1 Å². The first-order valence-corrected chi connectivity index (χ1v) is 4.45. The summed E-state index contributed by atoms with van der Waals surface area (Å²) in [6.07, 6.45) is -2.06. The number of rotatable bonds is 1. The third kappa shape index (κ3) is 1.78. The quantitative estimate of drug-likeness (QED) is 0.731. The van der Waals surface area contributed by atoms with Gasteiger partial charge in [-0.3, -0.25) is 0 Å². The van der Waals surface area contributed by atoms with Crippen molar-refractivity contribution in [2.24, 2.45) is 0 Å². The number of carboxylic acids is 1. The summed E-state index contributed by atoms with van der Waals surface area (Å²) in [5.41, 5.74) is 0.425. The molecule has 0 unspecified atom stereocenters. The third-order valence-corrected chi connectivity index (χ3v) is 2.32. The molecule has 0 saturated heterocycles. The summed E-state index contributed by atoms with van der Waals surface area (Å²) in [4.78, 5) is 10.7. The van der Waals surface area contributed by atoms with Crippen LogP contribution in [0.4, 0.5) is 4.39 Å². The first-order valence-electron chi connectivity index (χ1n) is 4.45. The van der Waals surface area contributed by atoms with Crippen LogP contribution in [-0.4, -0.2) is 22.3 Å². The molecular weight excluding hydrogens is 203 g/mol. The number of carboxylic acid groups (broad SMARTS) is 1. The molecule has 1 aromatic carbocycles. The minimum atomic E-state index is -1.16. The lowest BCUT2D eigenvalue weighted by molar-refractivity contribution is -0.147. The van der Waals surface area contributed by atoms with Crippen molar-refractivity contribution in [2.75, 3.05) is 0 Å². The molecule has 0 spiro atoms. The summed E-state index contributed by atoms with van der Waals surface area (Å²) >= 11 is 0. The van der Waals surface area contributed by atoms with Gasteiger partial charge >= 0.3 is 5.97 Å². The number of hydrogen-bond acceptors (Lipinski definition) is 3. The normalized spacial score (nSPS) is 24.1. The van der Waals surface area contributed by atoms with E-state index in [1.807, 2.05) is 0 Å². The van der Waals surface area contributed by atoms with E-state index in [9.17, 15) is 14.3 Å². The molecular formula is C10H9FO4. The Hall–Kier alpha value is -1.62. The van der Waals surface area contributed by atoms with Gasteiger partial charge in [-0.25, -0.2) is 9.18 Å². The maximum atomic E-state index is 12.8. The molecule has 5 heteroatoms. The average molecular weight is 212 g/mol. The van der Waals surface area contributed by atoms with Crippen LogP contribution in [0.3, 0.4) is 0 Å². The minimum absolute atomic E-state index is 0.0199. The molecule has 4 nitrogen and oxygen atoms in total. The van der Waals surface area contributed by atoms with E-state index in [-0.39, 0.29) is 12.2 Å². The molecule has 80 valence electrons. The smallest absolute Gasteiger partial charge is 0.345 e. The van der Waals surface area contributed by atoms with Crippen molar-refractivity contribution in [3.05, 3.63) is 29.6 Å². The van der Waals surface area contributed by atoms with Gasteiger partial charge in [-0.15, -0.1) is 0 Å². The molecule has 0 amide bonds. The van der Waals surface area contributed by atoms with E-state index in [0.717, 1.165) is 6.07 Å². The number of aliphatic carboxylic acids is 1. The molecule has 2 rings (SSSR count). The van der Waals surface area contributed by atoms with Gasteiger partial charge in [-0.1, -0.05) is 0 Å². The lowest BCUT2D eigenvalue weighted by Crippen LogP contribution is -2.32. The lowest BCUT2D eigenvalue weighted by atomic mass is 9.99. The lowest BCUT2D eigenvalue weighted by Gasteiger charge is -2.26. The van der Waals surface area contributed by atoms with Crippen molar-refractivity contribution in [3.8, 4) is 5.75 Å². The monoisotopic (exact) mass is 212 g/mol. The predicted molar refractivity (Wildman–Crippen MR) is 48.0 cm³/mol. The first kappa shape index (κ1) is 9.92. The summed E-state index contributed by atoms with van der Waals surface area (Å²) < 4.78 is 17.9. The van der Waals surface area contributed by atoms with Crippen molar-refractivity contribution >= 4 is 5.97 Å². The number of fused-ring (bicyclic) bond motifs is 1. The third-order valence-electron chi connectivity index (χ3n) is 2.32. The zero-order chi connectivity index (χ0) is 11.0. The summed E-state index contributed by atoms with van der Waals surface area (Å²) in [6, 6.07) is 3.67. The summed E-state index contributed by atoms with van der Waals surface area (Å²) in [7, 11) is 0. The molecule has 0 radical (unpaired) electrons. The van der Waals surface area contributed by atoms with Crippen LogP contribution in [0.1, 0.15) is 18.1 Å². The highest BCUT2D eigenvalue weighted by Gasteiger charge is 2.31. The largest absolute Gasteiger partial charge is 0.479 e. The fourth-order valence-corrected chi connectivity index (χ4v) is 1.57. The van der Waals surface area contributed by atoms with E-state index >= 15 is 0 Å². The van der Waals surface area contributed by atoms with Gasteiger partial charge in [0.2, 0.25) is 0 Å². The van der Waals surface area contributed by atoms with Crippen LogP contribution < -0.4 is 4.74 Å². The molecule has 1 heterocycles. The van der Waals surface area contributed by atoms with Crippen molar-refractivity contribution in [1.82, 2.24) is 0 Å². The van der Waals surface area contributed by atoms with Gasteiger partial charge in [-0.05, 0) is 12.1 Å². The van der Waals surface area contributed by atoms with Crippen molar-refractivity contribution in [1.29, 1.82) is 0 Å². The van der Waals surface area contributed by atoms with Crippen LogP contribution in [0.15, 0.2) is 18.2 Å². The van der Waals surface area contributed by atoms with Gasteiger partial charge in [0.1, 0.15) is 11.6 Å². The Kier molecular flexibility index (Phi) is 2.32. The molecule has 0 aliphatic carbocycles. The van der Waals surface area contributed by atoms with Crippen molar-refractivity contribution in [2.45, 2.75) is 18.6 Å². The van der Waals surface area contributed by atoms with Crippen LogP contribution in [0.5, 0.6) is 5.75 Å². The van der Waals surface area contributed by atoms with Crippen LogP contribution in [0, 0.1) is 5.82 Å². The SMILES string of the molecule is O=C(O)[C@@H]1C[C@@H](O)c2ccc(F)cc2O1. The number of hydrogen-bond donors (Lipinski definition) is 2. The van der Waals surface area contributed by atoms with Crippen LogP contribution in [0.25, 0.3) is 0 Å². The molecule has 1 aliphatic heterocycles. The zero-order valence-electron chi connectivity index (χ0n) is 7.68. The molecule has 1 aliphatic rings. The average Bonchev–Trinajstić information content (AvgIpc) is 2.16. The molecule has 1 aromatic rings. The first-order chi connectivity index (χ1) is 7.08. The van der Waals surface area contributed by atoms with Gasteiger partial charge in [-0.2, -0.15) is 0 Å². The molecule has 2 N–H and O–H groups in total. The Balaban J connectivity index is 2.37. The number of halogens is 1. The summed E-state index contributed by atoms with van der Waals surface area (Å²) in [6.45, 7) is 0. The maximum Gasteiger partial charge on any atom is 0.345 e. The van der Waals surface area contributed by atoms with E-state index in [4.69, 9.17) is 9.84 Å². The second kappa shape index (κ2) is 3.51. The molecule has 0 bridgehead atoms. The topological polar surface area (TPSA) is 66.8 Å². The number of aliphatic hydroxyl groups is 1.